The van der Waals surface area contributed by atoms with Crippen molar-refractivity contribution in [3.8, 4) is 0 Å². The van der Waals surface area contributed by atoms with Crippen molar-refractivity contribution in [1.82, 2.24) is 4.90 Å². The van der Waals surface area contributed by atoms with Gasteiger partial charge in [0.05, 0.1) is 10.6 Å². The number of non-ortho nitro benzene ring substituents is 1. The number of nitro benzene ring substituents is 1. The standard InChI is InChI=1S/C21H21N3O4/c25-20-11-10-18(23(20)14-15-5-2-1-3-6-15)21(26)22-12-4-7-16-8-9-17(24(27)28)13-19(16)22/h1-3,5-6,8-9,13,18H,4,7,10-12,14H2. The van der Waals surface area contributed by atoms with Crippen LogP contribution < -0.4 is 4.90 Å². The van der Waals surface area contributed by atoms with Gasteiger partial charge < -0.3 is 9.80 Å². The Balaban J connectivity index is 1.61. The molecule has 0 aromatic heterocycles. The number of carbonyl (C=O) groups is 2. The van der Waals surface area contributed by atoms with Crippen molar-refractivity contribution < 1.29 is 14.5 Å². The number of aryl methyl sites for hydroxylation is 1. The summed E-state index contributed by atoms with van der Waals surface area (Å²) in [5.74, 6) is -0.179. The van der Waals surface area contributed by atoms with Crippen LogP contribution in [-0.2, 0) is 22.6 Å². The molecular weight excluding hydrogens is 358 g/mol. The van der Waals surface area contributed by atoms with E-state index in [-0.39, 0.29) is 17.5 Å². The molecule has 2 heterocycles. The molecule has 2 amide bonds. The Labute approximate surface area is 162 Å². The number of rotatable bonds is 4. The monoisotopic (exact) mass is 379 g/mol. The summed E-state index contributed by atoms with van der Waals surface area (Å²) in [6.45, 7) is 0.905. The molecule has 28 heavy (non-hydrogen) atoms. The van der Waals surface area contributed by atoms with E-state index in [1.54, 1.807) is 15.9 Å². The van der Waals surface area contributed by atoms with Crippen LogP contribution in [0, 0.1) is 10.1 Å². The molecule has 0 radical (unpaired) electrons. The number of benzene rings is 2. The highest BCUT2D eigenvalue weighted by molar-refractivity contribution is 6.01. The Bertz CT molecular complexity index is 929. The molecule has 1 unspecified atom stereocenters. The van der Waals surface area contributed by atoms with Crippen molar-refractivity contribution in [3.05, 3.63) is 69.8 Å². The molecule has 0 N–H and O–H groups in total. The van der Waals surface area contributed by atoms with Crippen LogP contribution in [0.5, 0.6) is 0 Å². The Morgan fingerprint density at radius 1 is 1.14 bits per heavy atom. The predicted molar refractivity (Wildman–Crippen MR) is 104 cm³/mol. The summed E-state index contributed by atoms with van der Waals surface area (Å²) >= 11 is 0. The average Bonchev–Trinajstić information content (AvgIpc) is 3.07. The number of hydrogen-bond acceptors (Lipinski definition) is 4. The molecule has 4 rings (SSSR count). The van der Waals surface area contributed by atoms with Gasteiger partial charge in [0, 0.05) is 31.6 Å². The fourth-order valence-corrected chi connectivity index (χ4v) is 4.05. The SMILES string of the molecule is O=C(C1CCC(=O)N1Cc1ccccc1)N1CCCc2ccc([N+](=O)[O-])cc21. The van der Waals surface area contributed by atoms with Crippen LogP contribution in [-0.4, -0.2) is 34.2 Å². The summed E-state index contributed by atoms with van der Waals surface area (Å²) in [4.78, 5) is 39.8. The second kappa shape index (κ2) is 7.42. The Morgan fingerprint density at radius 2 is 1.93 bits per heavy atom. The molecule has 0 bridgehead atoms. The topological polar surface area (TPSA) is 83.8 Å². The lowest BCUT2D eigenvalue weighted by Crippen LogP contribution is -2.48. The molecule has 7 nitrogen and oxygen atoms in total. The van der Waals surface area contributed by atoms with Gasteiger partial charge in [0.1, 0.15) is 6.04 Å². The number of nitrogens with zero attached hydrogens (tertiary/aromatic N) is 3. The fraction of sp³-hybridized carbons (Fsp3) is 0.333. The first-order chi connectivity index (χ1) is 13.5. The second-order valence-electron chi connectivity index (χ2n) is 7.23. The molecule has 0 saturated carbocycles. The third-order valence-corrected chi connectivity index (χ3v) is 5.47. The number of anilines is 1. The summed E-state index contributed by atoms with van der Waals surface area (Å²) in [6, 6.07) is 13.8. The first-order valence-electron chi connectivity index (χ1n) is 9.46. The summed E-state index contributed by atoms with van der Waals surface area (Å²) in [6.07, 6.45) is 2.41. The van der Waals surface area contributed by atoms with Crippen molar-refractivity contribution >= 4 is 23.2 Å². The summed E-state index contributed by atoms with van der Waals surface area (Å²) in [5.41, 5.74) is 2.49. The van der Waals surface area contributed by atoms with E-state index in [0.717, 1.165) is 24.0 Å². The van der Waals surface area contributed by atoms with Crippen molar-refractivity contribution in [2.45, 2.75) is 38.3 Å². The molecule has 1 atom stereocenters. The number of fused-ring (bicyclic) bond motifs is 1. The minimum atomic E-state index is -0.530. The largest absolute Gasteiger partial charge is 0.326 e. The van der Waals surface area contributed by atoms with E-state index in [2.05, 4.69) is 0 Å². The molecule has 2 aromatic carbocycles. The number of likely N-dealkylation sites (tertiary alicyclic amines) is 1. The number of nitro groups is 1. The Morgan fingerprint density at radius 3 is 2.68 bits per heavy atom. The van der Waals surface area contributed by atoms with Gasteiger partial charge in [-0.3, -0.25) is 19.7 Å². The second-order valence-corrected chi connectivity index (χ2v) is 7.23. The Hall–Kier alpha value is -3.22. The van der Waals surface area contributed by atoms with E-state index < -0.39 is 11.0 Å². The highest BCUT2D eigenvalue weighted by Gasteiger charge is 2.39. The fourth-order valence-electron chi connectivity index (χ4n) is 4.05. The zero-order valence-electron chi connectivity index (χ0n) is 15.4. The highest BCUT2D eigenvalue weighted by Crippen LogP contribution is 2.33. The normalized spacial score (nSPS) is 18.9. The maximum absolute atomic E-state index is 13.4. The van der Waals surface area contributed by atoms with Crippen LogP contribution in [0.3, 0.4) is 0 Å². The molecule has 144 valence electrons. The van der Waals surface area contributed by atoms with Gasteiger partial charge in [-0.2, -0.15) is 0 Å². The molecule has 0 aliphatic carbocycles. The lowest BCUT2D eigenvalue weighted by Gasteiger charge is -2.34. The van der Waals surface area contributed by atoms with E-state index in [1.165, 1.54) is 12.1 Å². The first kappa shape index (κ1) is 18.2. The summed E-state index contributed by atoms with van der Waals surface area (Å²) < 4.78 is 0. The molecule has 1 fully saturated rings. The van der Waals surface area contributed by atoms with E-state index in [0.29, 0.717) is 31.6 Å². The van der Waals surface area contributed by atoms with Crippen molar-refractivity contribution in [1.29, 1.82) is 0 Å². The number of carbonyl (C=O) groups excluding carboxylic acids is 2. The van der Waals surface area contributed by atoms with Crippen LogP contribution >= 0.6 is 0 Å². The van der Waals surface area contributed by atoms with Gasteiger partial charge in [-0.15, -0.1) is 0 Å². The van der Waals surface area contributed by atoms with Crippen molar-refractivity contribution in [2.75, 3.05) is 11.4 Å². The third kappa shape index (κ3) is 3.35. The zero-order valence-corrected chi connectivity index (χ0v) is 15.4. The van der Waals surface area contributed by atoms with Crippen LogP contribution in [0.25, 0.3) is 0 Å². The van der Waals surface area contributed by atoms with Crippen molar-refractivity contribution in [2.24, 2.45) is 0 Å². The van der Waals surface area contributed by atoms with Crippen LogP contribution in [0.4, 0.5) is 11.4 Å². The lowest BCUT2D eigenvalue weighted by atomic mass is 10.00. The smallest absolute Gasteiger partial charge is 0.271 e. The zero-order chi connectivity index (χ0) is 19.7. The third-order valence-electron chi connectivity index (χ3n) is 5.47. The molecule has 2 aliphatic rings. The van der Waals surface area contributed by atoms with E-state index in [9.17, 15) is 19.7 Å². The highest BCUT2D eigenvalue weighted by atomic mass is 16.6. The minimum Gasteiger partial charge on any atom is -0.326 e. The number of hydrogen-bond donors (Lipinski definition) is 0. The van der Waals surface area contributed by atoms with Crippen LogP contribution in [0.1, 0.15) is 30.4 Å². The maximum atomic E-state index is 13.4. The van der Waals surface area contributed by atoms with Gasteiger partial charge in [-0.1, -0.05) is 36.4 Å². The number of amides is 2. The molecule has 0 spiro atoms. The Kier molecular flexibility index (Phi) is 4.81. The molecule has 7 heteroatoms. The van der Waals surface area contributed by atoms with Gasteiger partial charge >= 0.3 is 0 Å². The maximum Gasteiger partial charge on any atom is 0.271 e. The molecule has 1 saturated heterocycles. The minimum absolute atomic E-state index is 0.0258. The molecule has 2 aliphatic heterocycles. The first-order valence-corrected chi connectivity index (χ1v) is 9.46. The molecule has 2 aromatic rings. The van der Waals surface area contributed by atoms with Gasteiger partial charge in [-0.05, 0) is 30.4 Å². The van der Waals surface area contributed by atoms with E-state index >= 15 is 0 Å². The van der Waals surface area contributed by atoms with Gasteiger partial charge in [0.2, 0.25) is 11.8 Å². The van der Waals surface area contributed by atoms with Crippen molar-refractivity contribution in [3.63, 3.8) is 0 Å². The van der Waals surface area contributed by atoms with Crippen LogP contribution in [0.15, 0.2) is 48.5 Å². The average molecular weight is 379 g/mol. The van der Waals surface area contributed by atoms with E-state index in [1.807, 2.05) is 30.3 Å². The predicted octanol–water partition coefficient (Wildman–Crippen LogP) is 3.07. The quantitative estimate of drug-likeness (QED) is 0.604. The van der Waals surface area contributed by atoms with E-state index in [4.69, 9.17) is 0 Å². The van der Waals surface area contributed by atoms with Gasteiger partial charge in [0.25, 0.3) is 5.69 Å². The van der Waals surface area contributed by atoms with Gasteiger partial charge in [0.15, 0.2) is 0 Å². The summed E-state index contributed by atoms with van der Waals surface area (Å²) in [5, 5.41) is 11.2. The summed E-state index contributed by atoms with van der Waals surface area (Å²) in [7, 11) is 0. The van der Waals surface area contributed by atoms with Gasteiger partial charge in [-0.25, -0.2) is 0 Å². The lowest BCUT2D eigenvalue weighted by molar-refractivity contribution is -0.384. The van der Waals surface area contributed by atoms with Crippen LogP contribution in [0.2, 0.25) is 0 Å². The molecular formula is C21H21N3O4.